The number of fused-ring (bicyclic) bond motifs is 1. The highest BCUT2D eigenvalue weighted by Gasteiger charge is 2.16. The molecular formula is C28H26N2O2S. The van der Waals surface area contributed by atoms with Gasteiger partial charge in [-0.15, -0.1) is 11.8 Å². The average molecular weight is 455 g/mol. The van der Waals surface area contributed by atoms with Crippen LogP contribution in [0, 0.1) is 13.8 Å². The zero-order valence-electron chi connectivity index (χ0n) is 18.9. The van der Waals surface area contributed by atoms with Crippen LogP contribution in [0.4, 0.5) is 11.4 Å². The number of anilines is 2. The predicted octanol–water partition coefficient (Wildman–Crippen LogP) is 6.83. The van der Waals surface area contributed by atoms with Crippen molar-refractivity contribution in [1.29, 1.82) is 0 Å². The molecule has 0 fully saturated rings. The first-order valence-electron chi connectivity index (χ1n) is 10.8. The molecule has 0 saturated carbocycles. The summed E-state index contributed by atoms with van der Waals surface area (Å²) < 4.78 is 0. The Morgan fingerprint density at radius 3 is 2.27 bits per heavy atom. The van der Waals surface area contributed by atoms with Gasteiger partial charge in [0.05, 0.1) is 5.25 Å². The van der Waals surface area contributed by atoms with Gasteiger partial charge >= 0.3 is 0 Å². The largest absolute Gasteiger partial charge is 0.325 e. The molecule has 4 nitrogen and oxygen atoms in total. The van der Waals surface area contributed by atoms with Crippen LogP contribution in [0.3, 0.4) is 0 Å². The summed E-state index contributed by atoms with van der Waals surface area (Å²) in [5, 5.41) is 7.84. The number of aryl methyl sites for hydroxylation is 1. The smallest absolute Gasteiger partial charge is 0.255 e. The Morgan fingerprint density at radius 2 is 1.52 bits per heavy atom. The van der Waals surface area contributed by atoms with Gasteiger partial charge in [-0.05, 0) is 85.1 Å². The van der Waals surface area contributed by atoms with Crippen LogP contribution in [-0.4, -0.2) is 17.1 Å². The maximum Gasteiger partial charge on any atom is 0.255 e. The fourth-order valence-electron chi connectivity index (χ4n) is 3.53. The van der Waals surface area contributed by atoms with E-state index in [0.29, 0.717) is 11.3 Å². The first kappa shape index (κ1) is 22.6. The molecule has 0 bridgehead atoms. The molecule has 1 atom stereocenters. The summed E-state index contributed by atoms with van der Waals surface area (Å²) in [5.41, 5.74) is 4.40. The standard InChI is InChI=1S/C28H26N2O2S/c1-18-7-6-10-26(19(18)2)30-27(31)20(3)33-25-15-13-24(14-16-25)29-28(32)23-12-11-21-8-4-5-9-22(21)17-23/h4-17,20H,1-3H3,(H,29,32)(H,30,31). The third-order valence-corrected chi connectivity index (χ3v) is 6.78. The quantitative estimate of drug-likeness (QED) is 0.314. The van der Waals surface area contributed by atoms with Crippen LogP contribution >= 0.6 is 11.8 Å². The number of benzene rings is 4. The molecule has 5 heteroatoms. The van der Waals surface area contributed by atoms with Crippen LogP contribution in [0.25, 0.3) is 10.8 Å². The van der Waals surface area contributed by atoms with Crippen LogP contribution in [-0.2, 0) is 4.79 Å². The Morgan fingerprint density at radius 1 is 0.788 bits per heavy atom. The monoisotopic (exact) mass is 454 g/mol. The van der Waals surface area contributed by atoms with E-state index in [-0.39, 0.29) is 17.1 Å². The second kappa shape index (κ2) is 9.92. The minimum atomic E-state index is -0.261. The number of amides is 2. The lowest BCUT2D eigenvalue weighted by Crippen LogP contribution is -2.22. The van der Waals surface area contributed by atoms with Crippen molar-refractivity contribution in [3.05, 3.63) is 102 Å². The van der Waals surface area contributed by atoms with Crippen molar-refractivity contribution >= 4 is 45.7 Å². The summed E-state index contributed by atoms with van der Waals surface area (Å²) in [6, 6.07) is 27.1. The first-order valence-corrected chi connectivity index (χ1v) is 11.7. The highest BCUT2D eigenvalue weighted by Crippen LogP contribution is 2.27. The third kappa shape index (κ3) is 5.44. The maximum absolute atomic E-state index is 12.7. The van der Waals surface area contributed by atoms with E-state index in [2.05, 4.69) is 10.6 Å². The lowest BCUT2D eigenvalue weighted by atomic mass is 10.1. The molecule has 1 unspecified atom stereocenters. The Kier molecular flexibility index (Phi) is 6.80. The Balaban J connectivity index is 1.36. The van der Waals surface area contributed by atoms with Crippen molar-refractivity contribution in [1.82, 2.24) is 0 Å². The fourth-order valence-corrected chi connectivity index (χ4v) is 4.40. The molecule has 33 heavy (non-hydrogen) atoms. The summed E-state index contributed by atoms with van der Waals surface area (Å²) in [5.74, 6) is -0.190. The van der Waals surface area contributed by atoms with Crippen LogP contribution < -0.4 is 10.6 Å². The van der Waals surface area contributed by atoms with E-state index in [1.54, 1.807) is 0 Å². The van der Waals surface area contributed by atoms with E-state index in [1.807, 2.05) is 106 Å². The molecule has 0 heterocycles. The van der Waals surface area contributed by atoms with Crippen LogP contribution in [0.5, 0.6) is 0 Å². The minimum absolute atomic E-state index is 0.0395. The van der Waals surface area contributed by atoms with Crippen molar-refractivity contribution in [3.63, 3.8) is 0 Å². The fraction of sp³-hybridized carbons (Fsp3) is 0.143. The number of carbonyl (C=O) groups excluding carboxylic acids is 2. The molecule has 0 radical (unpaired) electrons. The van der Waals surface area contributed by atoms with Gasteiger partial charge in [-0.25, -0.2) is 0 Å². The molecule has 0 aliphatic heterocycles. The van der Waals surface area contributed by atoms with E-state index in [9.17, 15) is 9.59 Å². The molecule has 166 valence electrons. The summed E-state index contributed by atoms with van der Waals surface area (Å²) in [6.07, 6.45) is 0. The molecule has 2 N–H and O–H groups in total. The van der Waals surface area contributed by atoms with E-state index in [1.165, 1.54) is 11.8 Å². The highest BCUT2D eigenvalue weighted by molar-refractivity contribution is 8.00. The molecule has 4 rings (SSSR count). The Labute approximate surface area is 198 Å². The maximum atomic E-state index is 12.7. The second-order valence-electron chi connectivity index (χ2n) is 8.04. The number of nitrogens with one attached hydrogen (secondary N) is 2. The third-order valence-electron chi connectivity index (χ3n) is 5.67. The van der Waals surface area contributed by atoms with Crippen LogP contribution in [0.15, 0.2) is 89.8 Å². The molecule has 4 aromatic carbocycles. The minimum Gasteiger partial charge on any atom is -0.325 e. The molecule has 0 aliphatic carbocycles. The first-order chi connectivity index (χ1) is 15.9. The number of carbonyl (C=O) groups is 2. The molecule has 0 aliphatic rings. The van der Waals surface area contributed by atoms with Crippen molar-refractivity contribution in [2.75, 3.05) is 10.6 Å². The number of hydrogen-bond donors (Lipinski definition) is 2. The molecule has 4 aromatic rings. The topological polar surface area (TPSA) is 58.2 Å². The van der Waals surface area contributed by atoms with E-state index >= 15 is 0 Å². The second-order valence-corrected chi connectivity index (χ2v) is 9.45. The highest BCUT2D eigenvalue weighted by atomic mass is 32.2. The predicted molar refractivity (Wildman–Crippen MR) is 138 cm³/mol. The number of thioether (sulfide) groups is 1. The van der Waals surface area contributed by atoms with Gasteiger partial charge in [0, 0.05) is 21.8 Å². The van der Waals surface area contributed by atoms with Crippen LogP contribution in [0.2, 0.25) is 0 Å². The lowest BCUT2D eigenvalue weighted by molar-refractivity contribution is -0.115. The summed E-state index contributed by atoms with van der Waals surface area (Å²) in [4.78, 5) is 26.3. The van der Waals surface area contributed by atoms with Gasteiger partial charge in [0.1, 0.15) is 0 Å². The van der Waals surface area contributed by atoms with Gasteiger partial charge in [-0.2, -0.15) is 0 Å². The molecule has 0 aromatic heterocycles. The van der Waals surface area contributed by atoms with Gasteiger partial charge in [0.15, 0.2) is 0 Å². The molecule has 2 amide bonds. The van der Waals surface area contributed by atoms with Gasteiger partial charge in [0.25, 0.3) is 5.91 Å². The van der Waals surface area contributed by atoms with Crippen LogP contribution in [0.1, 0.15) is 28.4 Å². The summed E-state index contributed by atoms with van der Waals surface area (Å²) in [7, 11) is 0. The molecule has 0 spiro atoms. The van der Waals surface area contributed by atoms with Gasteiger partial charge in [-0.3, -0.25) is 9.59 Å². The molecular weight excluding hydrogens is 428 g/mol. The average Bonchev–Trinajstić information content (AvgIpc) is 2.82. The Hall–Kier alpha value is -3.57. The van der Waals surface area contributed by atoms with Crippen molar-refractivity contribution in [2.45, 2.75) is 30.9 Å². The number of hydrogen-bond acceptors (Lipinski definition) is 3. The van der Waals surface area contributed by atoms with Crippen molar-refractivity contribution in [2.24, 2.45) is 0 Å². The van der Waals surface area contributed by atoms with Gasteiger partial charge in [0.2, 0.25) is 5.91 Å². The van der Waals surface area contributed by atoms with E-state index in [4.69, 9.17) is 0 Å². The summed E-state index contributed by atoms with van der Waals surface area (Å²) in [6.45, 7) is 5.93. The van der Waals surface area contributed by atoms with Crippen molar-refractivity contribution < 1.29 is 9.59 Å². The number of rotatable bonds is 6. The Bertz CT molecular complexity index is 1320. The van der Waals surface area contributed by atoms with Crippen molar-refractivity contribution in [3.8, 4) is 0 Å². The van der Waals surface area contributed by atoms with E-state index < -0.39 is 0 Å². The zero-order chi connectivity index (χ0) is 23.4. The lowest BCUT2D eigenvalue weighted by Gasteiger charge is -2.15. The SMILES string of the molecule is Cc1cccc(NC(=O)C(C)Sc2ccc(NC(=O)c3ccc4ccccc4c3)cc2)c1C. The normalized spacial score (nSPS) is 11.7. The summed E-state index contributed by atoms with van der Waals surface area (Å²) >= 11 is 1.48. The van der Waals surface area contributed by atoms with Gasteiger partial charge in [-0.1, -0.05) is 42.5 Å². The van der Waals surface area contributed by atoms with Gasteiger partial charge < -0.3 is 10.6 Å². The zero-order valence-corrected chi connectivity index (χ0v) is 19.7. The van der Waals surface area contributed by atoms with E-state index in [0.717, 1.165) is 32.5 Å². The molecule has 0 saturated heterocycles.